The highest BCUT2D eigenvalue weighted by Gasteiger charge is 2.10. The number of hydrogen-bond acceptors (Lipinski definition) is 3. The van der Waals surface area contributed by atoms with E-state index >= 15 is 0 Å². The molecule has 2 rings (SSSR count). The first-order valence-electron chi connectivity index (χ1n) is 4.71. The molecule has 0 saturated carbocycles. The molecule has 0 aliphatic carbocycles. The van der Waals surface area contributed by atoms with Gasteiger partial charge in [-0.15, -0.1) is 0 Å². The second-order valence-corrected chi connectivity index (χ2v) is 3.22. The van der Waals surface area contributed by atoms with Gasteiger partial charge in [-0.05, 0) is 18.2 Å². The largest absolute Gasteiger partial charge is 0.489 e. The first-order chi connectivity index (χ1) is 7.70. The van der Waals surface area contributed by atoms with Gasteiger partial charge in [-0.2, -0.15) is 0 Å². The first-order valence-corrected chi connectivity index (χ1v) is 4.71. The van der Waals surface area contributed by atoms with E-state index in [1.54, 1.807) is 24.3 Å². The van der Waals surface area contributed by atoms with Gasteiger partial charge >= 0.3 is 5.97 Å². The van der Waals surface area contributed by atoms with Gasteiger partial charge in [-0.3, -0.25) is 0 Å². The van der Waals surface area contributed by atoms with Crippen LogP contribution in [0.15, 0.2) is 41.3 Å². The maximum absolute atomic E-state index is 10.7. The highest BCUT2D eigenvalue weighted by atomic mass is 16.5. The van der Waals surface area contributed by atoms with E-state index in [1.165, 1.54) is 6.07 Å². The lowest BCUT2D eigenvalue weighted by Gasteiger charge is -2.01. The third-order valence-electron chi connectivity index (χ3n) is 2.07. The van der Waals surface area contributed by atoms with E-state index in [-0.39, 0.29) is 5.76 Å². The number of carbonyl (C=O) groups is 1. The Kier molecular flexibility index (Phi) is 2.64. The molecule has 0 bridgehead atoms. The van der Waals surface area contributed by atoms with Gasteiger partial charge in [0, 0.05) is 11.5 Å². The quantitative estimate of drug-likeness (QED) is 0.801. The van der Waals surface area contributed by atoms with Gasteiger partial charge in [0.15, 0.2) is 0 Å². The van der Waals surface area contributed by atoms with Crippen molar-refractivity contribution < 1.29 is 19.1 Å². The summed E-state index contributed by atoms with van der Waals surface area (Å²) >= 11 is 0. The molecule has 0 amide bonds. The molecule has 0 atom stereocenters. The van der Waals surface area contributed by atoms with E-state index in [1.807, 2.05) is 0 Å². The van der Waals surface area contributed by atoms with Crippen LogP contribution in [0.1, 0.15) is 10.6 Å². The number of benzene rings is 1. The van der Waals surface area contributed by atoms with Crippen molar-refractivity contribution in [3.05, 3.63) is 42.7 Å². The fraction of sp³-hybridized carbons (Fsp3) is 0.0833. The Morgan fingerprint density at radius 2 is 2.31 bits per heavy atom. The zero-order chi connectivity index (χ0) is 11.5. The van der Waals surface area contributed by atoms with Crippen LogP contribution in [0, 0.1) is 0 Å². The van der Waals surface area contributed by atoms with Crippen LogP contribution < -0.4 is 4.74 Å². The van der Waals surface area contributed by atoms with E-state index in [4.69, 9.17) is 14.3 Å². The molecule has 0 spiro atoms. The van der Waals surface area contributed by atoms with Gasteiger partial charge in [-0.1, -0.05) is 12.7 Å². The molecule has 0 unspecified atom stereocenters. The van der Waals surface area contributed by atoms with Gasteiger partial charge in [0.2, 0.25) is 5.76 Å². The molecule has 0 aliphatic heterocycles. The van der Waals surface area contributed by atoms with Crippen molar-refractivity contribution in [2.45, 2.75) is 0 Å². The molecule has 1 aromatic heterocycles. The van der Waals surface area contributed by atoms with Gasteiger partial charge in [-0.25, -0.2) is 4.79 Å². The molecule has 4 heteroatoms. The Hall–Kier alpha value is -2.23. The van der Waals surface area contributed by atoms with E-state index in [0.717, 1.165) is 5.39 Å². The molecule has 82 valence electrons. The van der Waals surface area contributed by atoms with E-state index in [0.29, 0.717) is 17.9 Å². The normalized spacial score (nSPS) is 10.2. The van der Waals surface area contributed by atoms with Crippen LogP contribution in [0.2, 0.25) is 0 Å². The summed E-state index contributed by atoms with van der Waals surface area (Å²) < 4.78 is 10.5. The van der Waals surface area contributed by atoms with Crippen LogP contribution in [0.3, 0.4) is 0 Å². The molecule has 1 heterocycles. The number of hydrogen-bond donors (Lipinski definition) is 1. The molecule has 16 heavy (non-hydrogen) atoms. The van der Waals surface area contributed by atoms with Crippen molar-refractivity contribution in [3.8, 4) is 5.75 Å². The van der Waals surface area contributed by atoms with Crippen molar-refractivity contribution in [1.29, 1.82) is 0 Å². The minimum atomic E-state index is -1.08. The second kappa shape index (κ2) is 4.10. The Labute approximate surface area is 91.7 Å². The Bertz CT molecular complexity index is 539. The van der Waals surface area contributed by atoms with Gasteiger partial charge in [0.05, 0.1) is 0 Å². The molecule has 1 aromatic carbocycles. The maximum atomic E-state index is 10.7. The lowest BCUT2D eigenvalue weighted by atomic mass is 10.2. The third kappa shape index (κ3) is 1.91. The van der Waals surface area contributed by atoms with Crippen molar-refractivity contribution in [3.63, 3.8) is 0 Å². The van der Waals surface area contributed by atoms with E-state index in [9.17, 15) is 4.79 Å². The standard InChI is InChI=1S/C12H10O4/c1-2-5-15-9-4-3-8-6-11(12(13)14)16-10(8)7-9/h2-4,6-7H,1,5H2,(H,13,14). The Balaban J connectivity index is 2.37. The fourth-order valence-electron chi connectivity index (χ4n) is 1.36. The number of ether oxygens (including phenoxy) is 1. The summed E-state index contributed by atoms with van der Waals surface area (Å²) in [6.07, 6.45) is 1.63. The van der Waals surface area contributed by atoms with Gasteiger partial charge < -0.3 is 14.3 Å². The molecule has 1 N–H and O–H groups in total. The number of fused-ring (bicyclic) bond motifs is 1. The molecule has 0 aliphatic rings. The summed E-state index contributed by atoms with van der Waals surface area (Å²) in [5.74, 6) is -0.528. The smallest absolute Gasteiger partial charge is 0.371 e. The zero-order valence-corrected chi connectivity index (χ0v) is 8.47. The minimum absolute atomic E-state index is 0.0733. The molecule has 4 nitrogen and oxygen atoms in total. The topological polar surface area (TPSA) is 59.7 Å². The fourth-order valence-corrected chi connectivity index (χ4v) is 1.36. The molecule has 2 aromatic rings. The summed E-state index contributed by atoms with van der Waals surface area (Å²) in [7, 11) is 0. The molecular weight excluding hydrogens is 208 g/mol. The predicted molar refractivity (Wildman–Crippen MR) is 58.9 cm³/mol. The average molecular weight is 218 g/mol. The minimum Gasteiger partial charge on any atom is -0.489 e. The first kappa shape index (κ1) is 10.3. The van der Waals surface area contributed by atoms with Gasteiger partial charge in [0.1, 0.15) is 17.9 Å². The summed E-state index contributed by atoms with van der Waals surface area (Å²) in [5.41, 5.74) is 0.499. The molecular formula is C12H10O4. The lowest BCUT2D eigenvalue weighted by molar-refractivity contribution is 0.0665. The Morgan fingerprint density at radius 1 is 1.50 bits per heavy atom. The average Bonchev–Trinajstić information content (AvgIpc) is 2.69. The van der Waals surface area contributed by atoms with Crippen LogP contribution in [0.4, 0.5) is 0 Å². The lowest BCUT2D eigenvalue weighted by Crippen LogP contribution is -1.91. The van der Waals surface area contributed by atoms with Crippen LogP contribution in [0.5, 0.6) is 5.75 Å². The van der Waals surface area contributed by atoms with Crippen LogP contribution in [-0.2, 0) is 0 Å². The predicted octanol–water partition coefficient (Wildman–Crippen LogP) is 2.70. The van der Waals surface area contributed by atoms with Crippen molar-refractivity contribution in [1.82, 2.24) is 0 Å². The molecule has 0 radical (unpaired) electrons. The van der Waals surface area contributed by atoms with E-state index < -0.39 is 5.97 Å². The maximum Gasteiger partial charge on any atom is 0.371 e. The van der Waals surface area contributed by atoms with Crippen molar-refractivity contribution >= 4 is 16.9 Å². The summed E-state index contributed by atoms with van der Waals surface area (Å²) in [6, 6.07) is 6.65. The van der Waals surface area contributed by atoms with Crippen LogP contribution in [-0.4, -0.2) is 17.7 Å². The summed E-state index contributed by atoms with van der Waals surface area (Å²) in [5, 5.41) is 9.50. The zero-order valence-electron chi connectivity index (χ0n) is 8.47. The summed E-state index contributed by atoms with van der Waals surface area (Å²) in [6.45, 7) is 3.94. The number of carboxylic acid groups (broad SMARTS) is 1. The highest BCUT2D eigenvalue weighted by molar-refractivity contribution is 5.91. The van der Waals surface area contributed by atoms with Crippen LogP contribution in [0.25, 0.3) is 11.0 Å². The number of rotatable bonds is 4. The third-order valence-corrected chi connectivity index (χ3v) is 2.07. The molecule has 0 saturated heterocycles. The van der Waals surface area contributed by atoms with Gasteiger partial charge in [0.25, 0.3) is 0 Å². The summed E-state index contributed by atoms with van der Waals surface area (Å²) in [4.78, 5) is 10.7. The van der Waals surface area contributed by atoms with Crippen molar-refractivity contribution in [2.75, 3.05) is 6.61 Å². The van der Waals surface area contributed by atoms with E-state index in [2.05, 4.69) is 6.58 Å². The van der Waals surface area contributed by atoms with Crippen LogP contribution >= 0.6 is 0 Å². The number of aromatic carboxylic acids is 1. The highest BCUT2D eigenvalue weighted by Crippen LogP contribution is 2.24. The second-order valence-electron chi connectivity index (χ2n) is 3.22. The Morgan fingerprint density at radius 3 is 3.00 bits per heavy atom. The SMILES string of the molecule is C=CCOc1ccc2cc(C(=O)O)oc2c1. The molecule has 0 fully saturated rings. The number of carboxylic acids is 1. The van der Waals surface area contributed by atoms with Crippen molar-refractivity contribution in [2.24, 2.45) is 0 Å². The number of furan rings is 1. The monoisotopic (exact) mass is 218 g/mol.